The molecule has 19 heavy (non-hydrogen) atoms. The molecule has 0 aromatic carbocycles. The Labute approximate surface area is 115 Å². The van der Waals surface area contributed by atoms with E-state index in [1.54, 1.807) is 0 Å². The van der Waals surface area contributed by atoms with Crippen molar-refractivity contribution < 1.29 is 14.3 Å². The summed E-state index contributed by atoms with van der Waals surface area (Å²) in [5, 5.41) is 2.99. The van der Waals surface area contributed by atoms with Gasteiger partial charge in [-0.1, -0.05) is 19.8 Å². The van der Waals surface area contributed by atoms with Crippen LogP contribution in [0.5, 0.6) is 0 Å². The van der Waals surface area contributed by atoms with Crippen LogP contribution >= 0.6 is 0 Å². The van der Waals surface area contributed by atoms with Crippen molar-refractivity contribution >= 4 is 11.9 Å². The van der Waals surface area contributed by atoms with Crippen molar-refractivity contribution in [3.63, 3.8) is 0 Å². The van der Waals surface area contributed by atoms with Gasteiger partial charge in [0.15, 0.2) is 0 Å². The lowest BCUT2D eigenvalue weighted by Gasteiger charge is -2.27. The molecule has 1 rings (SSSR count). The minimum absolute atomic E-state index is 0.0326. The molecule has 0 spiro atoms. The summed E-state index contributed by atoms with van der Waals surface area (Å²) in [5.74, 6) is -0.174. The van der Waals surface area contributed by atoms with Crippen LogP contribution in [0.2, 0.25) is 0 Å². The van der Waals surface area contributed by atoms with E-state index in [9.17, 15) is 9.59 Å². The summed E-state index contributed by atoms with van der Waals surface area (Å²) in [6.45, 7) is 3.65. The normalized spacial score (nSPS) is 27.9. The first-order valence-corrected chi connectivity index (χ1v) is 7.10. The molecule has 0 aliphatic heterocycles. The number of methoxy groups -OCH3 is 1. The van der Waals surface area contributed by atoms with Crippen molar-refractivity contribution in [3.8, 4) is 0 Å². The van der Waals surface area contributed by atoms with Crippen LogP contribution in [-0.2, 0) is 14.3 Å². The Morgan fingerprint density at radius 3 is 2.63 bits per heavy atom. The fraction of sp³-hybridized carbons (Fsp3) is 0.857. The zero-order chi connectivity index (χ0) is 14.4. The minimum Gasteiger partial charge on any atom is -0.469 e. The van der Waals surface area contributed by atoms with Crippen molar-refractivity contribution in [2.24, 2.45) is 17.6 Å². The van der Waals surface area contributed by atoms with Gasteiger partial charge in [-0.2, -0.15) is 0 Å². The maximum atomic E-state index is 11.6. The topological polar surface area (TPSA) is 81.4 Å². The fourth-order valence-corrected chi connectivity index (χ4v) is 3.00. The predicted molar refractivity (Wildman–Crippen MR) is 73.3 cm³/mol. The van der Waals surface area contributed by atoms with Gasteiger partial charge in [-0.05, 0) is 25.2 Å². The number of hydrogen-bond donors (Lipinski definition) is 2. The van der Waals surface area contributed by atoms with Gasteiger partial charge in [0.25, 0.3) is 0 Å². The highest BCUT2D eigenvalue weighted by molar-refractivity contribution is 5.74. The minimum atomic E-state index is -0.185. The SMILES string of the molecule is CCCCC(NC(C)=O)[C@H]1CC(C(=O)OC)C[C@H]1N. The molecule has 0 aromatic rings. The molecular formula is C14H26N2O3. The number of amides is 1. The van der Waals surface area contributed by atoms with Gasteiger partial charge in [-0.15, -0.1) is 0 Å². The number of esters is 1. The average Bonchev–Trinajstić information content (AvgIpc) is 2.75. The van der Waals surface area contributed by atoms with Crippen LogP contribution in [0.25, 0.3) is 0 Å². The third-order valence-electron chi connectivity index (χ3n) is 3.97. The molecule has 1 aliphatic carbocycles. The molecule has 1 saturated carbocycles. The van der Waals surface area contributed by atoms with Gasteiger partial charge < -0.3 is 15.8 Å². The molecular weight excluding hydrogens is 244 g/mol. The molecule has 0 heterocycles. The molecule has 2 unspecified atom stereocenters. The Kier molecular flexibility index (Phi) is 6.28. The van der Waals surface area contributed by atoms with Gasteiger partial charge in [0.1, 0.15) is 0 Å². The third kappa shape index (κ3) is 4.49. The van der Waals surface area contributed by atoms with Crippen molar-refractivity contribution in [2.75, 3.05) is 7.11 Å². The smallest absolute Gasteiger partial charge is 0.308 e. The van der Waals surface area contributed by atoms with Crippen LogP contribution < -0.4 is 11.1 Å². The van der Waals surface area contributed by atoms with Crippen molar-refractivity contribution in [2.45, 2.75) is 58.0 Å². The lowest BCUT2D eigenvalue weighted by atomic mass is 9.90. The maximum Gasteiger partial charge on any atom is 0.308 e. The zero-order valence-corrected chi connectivity index (χ0v) is 12.1. The molecule has 5 nitrogen and oxygen atoms in total. The van der Waals surface area contributed by atoms with Crippen molar-refractivity contribution in [3.05, 3.63) is 0 Å². The molecule has 0 radical (unpaired) electrons. The van der Waals surface area contributed by atoms with E-state index in [2.05, 4.69) is 12.2 Å². The van der Waals surface area contributed by atoms with Gasteiger partial charge in [-0.3, -0.25) is 9.59 Å². The number of unbranched alkanes of at least 4 members (excludes halogenated alkanes) is 1. The first-order valence-electron chi connectivity index (χ1n) is 7.10. The summed E-state index contributed by atoms with van der Waals surface area (Å²) in [6.07, 6.45) is 4.42. The van der Waals surface area contributed by atoms with Gasteiger partial charge in [-0.25, -0.2) is 0 Å². The maximum absolute atomic E-state index is 11.6. The van der Waals surface area contributed by atoms with Gasteiger partial charge in [0, 0.05) is 19.0 Å². The number of nitrogens with two attached hydrogens (primary N) is 1. The summed E-state index contributed by atoms with van der Waals surface area (Å²) >= 11 is 0. The molecule has 1 fully saturated rings. The molecule has 110 valence electrons. The molecule has 5 heteroatoms. The Bertz CT molecular complexity index is 320. The molecule has 4 atom stereocenters. The molecule has 0 saturated heterocycles. The highest BCUT2D eigenvalue weighted by Crippen LogP contribution is 2.34. The van der Waals surface area contributed by atoms with E-state index in [0.717, 1.165) is 19.3 Å². The van der Waals surface area contributed by atoms with Crippen LogP contribution in [-0.4, -0.2) is 31.1 Å². The lowest BCUT2D eigenvalue weighted by Crippen LogP contribution is -2.44. The molecule has 1 aliphatic rings. The molecule has 0 bridgehead atoms. The number of carbonyl (C=O) groups is 2. The molecule has 0 aromatic heterocycles. The van der Waals surface area contributed by atoms with Crippen LogP contribution in [0, 0.1) is 11.8 Å². The van der Waals surface area contributed by atoms with Gasteiger partial charge in [0.2, 0.25) is 5.91 Å². The second-order valence-electron chi connectivity index (χ2n) is 5.47. The summed E-state index contributed by atoms with van der Waals surface area (Å²) in [7, 11) is 1.41. The third-order valence-corrected chi connectivity index (χ3v) is 3.97. The Balaban J connectivity index is 2.67. The van der Waals surface area contributed by atoms with E-state index in [0.29, 0.717) is 12.8 Å². The highest BCUT2D eigenvalue weighted by Gasteiger charge is 2.40. The Morgan fingerprint density at radius 1 is 1.42 bits per heavy atom. The quantitative estimate of drug-likeness (QED) is 0.711. The lowest BCUT2D eigenvalue weighted by molar-refractivity contribution is -0.145. The average molecular weight is 270 g/mol. The van der Waals surface area contributed by atoms with Crippen LogP contribution in [0.3, 0.4) is 0 Å². The predicted octanol–water partition coefficient (Wildman–Crippen LogP) is 1.21. The van der Waals surface area contributed by atoms with E-state index in [4.69, 9.17) is 10.5 Å². The molecule has 3 N–H and O–H groups in total. The monoisotopic (exact) mass is 270 g/mol. The highest BCUT2D eigenvalue weighted by atomic mass is 16.5. The van der Waals surface area contributed by atoms with Crippen LogP contribution in [0.15, 0.2) is 0 Å². The van der Waals surface area contributed by atoms with E-state index >= 15 is 0 Å². The first-order chi connectivity index (χ1) is 8.99. The van der Waals surface area contributed by atoms with Crippen molar-refractivity contribution in [1.82, 2.24) is 5.32 Å². The van der Waals surface area contributed by atoms with Crippen molar-refractivity contribution in [1.29, 1.82) is 0 Å². The van der Waals surface area contributed by atoms with E-state index < -0.39 is 0 Å². The summed E-state index contributed by atoms with van der Waals surface area (Å²) < 4.78 is 4.79. The van der Waals surface area contributed by atoms with Crippen LogP contribution in [0.1, 0.15) is 46.0 Å². The summed E-state index contributed by atoms with van der Waals surface area (Å²) in [6, 6.07) is 0.0277. The standard InChI is InChI=1S/C14H26N2O3/c1-4-5-6-13(16-9(2)17)11-7-10(8-12(11)15)14(18)19-3/h10-13H,4-8,15H2,1-3H3,(H,16,17)/t10?,11-,12+,13?/m0/s1. The largest absolute Gasteiger partial charge is 0.469 e. The first kappa shape index (κ1) is 16.0. The zero-order valence-electron chi connectivity index (χ0n) is 12.1. The number of nitrogens with one attached hydrogen (secondary N) is 1. The fourth-order valence-electron chi connectivity index (χ4n) is 3.00. The van der Waals surface area contributed by atoms with E-state index in [1.807, 2.05) is 0 Å². The number of ether oxygens (including phenoxy) is 1. The van der Waals surface area contributed by atoms with E-state index in [-0.39, 0.29) is 35.8 Å². The van der Waals surface area contributed by atoms with Gasteiger partial charge in [0.05, 0.1) is 13.0 Å². The summed E-state index contributed by atoms with van der Waals surface area (Å²) in [4.78, 5) is 22.9. The number of rotatable bonds is 6. The Morgan fingerprint density at radius 2 is 2.11 bits per heavy atom. The van der Waals surface area contributed by atoms with Gasteiger partial charge >= 0.3 is 5.97 Å². The summed E-state index contributed by atoms with van der Waals surface area (Å²) in [5.41, 5.74) is 6.15. The second-order valence-corrected chi connectivity index (χ2v) is 5.47. The van der Waals surface area contributed by atoms with Crippen LogP contribution in [0.4, 0.5) is 0 Å². The number of carbonyl (C=O) groups excluding carboxylic acids is 2. The number of hydrogen-bond acceptors (Lipinski definition) is 4. The van der Waals surface area contributed by atoms with E-state index in [1.165, 1.54) is 14.0 Å². The Hall–Kier alpha value is -1.10. The second kappa shape index (κ2) is 7.48. The molecule has 1 amide bonds.